The fourth-order valence-electron chi connectivity index (χ4n) is 1.81. The first-order valence-electron chi connectivity index (χ1n) is 5.41. The van der Waals surface area contributed by atoms with Crippen LogP contribution in [-0.2, 0) is 0 Å². The van der Waals surface area contributed by atoms with Gasteiger partial charge in [-0.1, -0.05) is 29.3 Å². The van der Waals surface area contributed by atoms with Crippen molar-refractivity contribution in [1.29, 1.82) is 0 Å². The zero-order chi connectivity index (χ0) is 13.3. The Bertz CT molecular complexity index is 549. The second-order valence-electron chi connectivity index (χ2n) is 3.99. The van der Waals surface area contributed by atoms with Gasteiger partial charge in [-0.2, -0.15) is 0 Å². The van der Waals surface area contributed by atoms with Gasteiger partial charge in [0.1, 0.15) is 0 Å². The van der Waals surface area contributed by atoms with Crippen LogP contribution in [-0.4, -0.2) is 7.05 Å². The summed E-state index contributed by atoms with van der Waals surface area (Å²) in [6.45, 7) is 2.08. The Morgan fingerprint density at radius 3 is 2.50 bits per heavy atom. The average molecular weight is 365 g/mol. The number of hydrogen-bond acceptors (Lipinski definition) is 2. The van der Waals surface area contributed by atoms with Crippen LogP contribution < -0.4 is 5.32 Å². The lowest BCUT2D eigenvalue weighted by molar-refractivity contribution is 0.704. The van der Waals surface area contributed by atoms with E-state index in [0.717, 1.165) is 9.35 Å². The van der Waals surface area contributed by atoms with Gasteiger partial charge in [0.25, 0.3) is 0 Å². The van der Waals surface area contributed by atoms with Crippen molar-refractivity contribution in [3.63, 3.8) is 0 Å². The summed E-state index contributed by atoms with van der Waals surface area (Å²) in [6.07, 6.45) is 0. The molecule has 1 unspecified atom stereocenters. The zero-order valence-electron chi connectivity index (χ0n) is 9.93. The molecule has 96 valence electrons. The first kappa shape index (κ1) is 14.4. The molecule has 0 radical (unpaired) electrons. The second-order valence-corrected chi connectivity index (χ2v) is 7.24. The normalized spacial score (nSPS) is 12.7. The lowest BCUT2D eigenvalue weighted by Gasteiger charge is -2.16. The van der Waals surface area contributed by atoms with Crippen molar-refractivity contribution in [1.82, 2.24) is 5.32 Å². The molecule has 1 aromatic heterocycles. The van der Waals surface area contributed by atoms with Gasteiger partial charge in [-0.25, -0.2) is 0 Å². The fourth-order valence-corrected chi connectivity index (χ4v) is 4.03. The molecule has 0 aliphatic heterocycles. The summed E-state index contributed by atoms with van der Waals surface area (Å²) in [6, 6.07) is 7.86. The zero-order valence-corrected chi connectivity index (χ0v) is 13.8. The maximum atomic E-state index is 6.27. The molecule has 18 heavy (non-hydrogen) atoms. The highest BCUT2D eigenvalue weighted by atomic mass is 79.9. The summed E-state index contributed by atoms with van der Waals surface area (Å²) in [7, 11) is 1.93. The number of thiophene rings is 1. The highest BCUT2D eigenvalue weighted by molar-refractivity contribution is 9.11. The van der Waals surface area contributed by atoms with Gasteiger partial charge in [0.2, 0.25) is 0 Å². The van der Waals surface area contributed by atoms with Gasteiger partial charge in [-0.05, 0) is 59.2 Å². The van der Waals surface area contributed by atoms with Crippen LogP contribution in [0.3, 0.4) is 0 Å². The van der Waals surface area contributed by atoms with E-state index in [2.05, 4.69) is 34.2 Å². The van der Waals surface area contributed by atoms with Gasteiger partial charge in [0.15, 0.2) is 0 Å². The van der Waals surface area contributed by atoms with E-state index in [1.54, 1.807) is 17.4 Å². The minimum absolute atomic E-state index is 0.0877. The van der Waals surface area contributed by atoms with E-state index in [4.69, 9.17) is 23.2 Å². The van der Waals surface area contributed by atoms with E-state index >= 15 is 0 Å². The van der Waals surface area contributed by atoms with Crippen LogP contribution in [0.25, 0.3) is 0 Å². The summed E-state index contributed by atoms with van der Waals surface area (Å²) >= 11 is 17.5. The molecule has 0 fully saturated rings. The van der Waals surface area contributed by atoms with Crippen LogP contribution in [0, 0.1) is 6.92 Å². The van der Waals surface area contributed by atoms with E-state index in [-0.39, 0.29) is 6.04 Å². The van der Waals surface area contributed by atoms with Crippen molar-refractivity contribution in [3.05, 3.63) is 54.1 Å². The van der Waals surface area contributed by atoms with Gasteiger partial charge in [0, 0.05) is 14.9 Å². The van der Waals surface area contributed by atoms with Gasteiger partial charge >= 0.3 is 0 Å². The Morgan fingerprint density at radius 2 is 2.00 bits per heavy atom. The first-order valence-corrected chi connectivity index (χ1v) is 7.77. The molecular weight excluding hydrogens is 353 g/mol. The summed E-state index contributed by atoms with van der Waals surface area (Å²) in [4.78, 5) is 1.23. The van der Waals surface area contributed by atoms with Gasteiger partial charge < -0.3 is 5.32 Å². The molecule has 0 amide bonds. The van der Waals surface area contributed by atoms with Crippen LogP contribution in [0.5, 0.6) is 0 Å². The molecule has 1 heterocycles. The van der Waals surface area contributed by atoms with Crippen LogP contribution >= 0.6 is 50.5 Å². The maximum absolute atomic E-state index is 6.27. The third-order valence-electron chi connectivity index (χ3n) is 2.72. The van der Waals surface area contributed by atoms with E-state index in [1.165, 1.54) is 10.4 Å². The van der Waals surface area contributed by atoms with E-state index < -0.39 is 0 Å². The van der Waals surface area contributed by atoms with Gasteiger partial charge in [0.05, 0.1) is 9.83 Å². The molecule has 0 saturated carbocycles. The average Bonchev–Trinajstić information content (AvgIpc) is 2.63. The van der Waals surface area contributed by atoms with Crippen LogP contribution in [0.2, 0.25) is 10.0 Å². The van der Waals surface area contributed by atoms with Crippen molar-refractivity contribution in [2.24, 2.45) is 0 Å². The second kappa shape index (κ2) is 5.93. The quantitative estimate of drug-likeness (QED) is 0.765. The maximum Gasteiger partial charge on any atom is 0.0731 e. The predicted octanol–water partition coefficient (Wildman–Crippen LogP) is 5.43. The molecule has 1 nitrogen and oxygen atoms in total. The molecule has 1 aromatic carbocycles. The summed E-state index contributed by atoms with van der Waals surface area (Å²) in [5, 5.41) is 4.64. The molecule has 1 atom stereocenters. The van der Waals surface area contributed by atoms with Crippen molar-refractivity contribution in [2.45, 2.75) is 13.0 Å². The predicted molar refractivity (Wildman–Crippen MR) is 84.1 cm³/mol. The third-order valence-corrected chi connectivity index (χ3v) is 5.49. The number of aryl methyl sites for hydroxylation is 1. The highest BCUT2D eigenvalue weighted by Gasteiger charge is 2.18. The number of rotatable bonds is 3. The third kappa shape index (κ3) is 2.91. The Balaban J connectivity index is 2.45. The lowest BCUT2D eigenvalue weighted by Crippen LogP contribution is -2.16. The molecule has 5 heteroatoms. The SMILES string of the molecule is CNC(c1cc(C)c(Br)s1)c1ccc(Cl)cc1Cl. The van der Waals surface area contributed by atoms with Crippen LogP contribution in [0.15, 0.2) is 28.1 Å². The van der Waals surface area contributed by atoms with Crippen LogP contribution in [0.4, 0.5) is 0 Å². The molecule has 2 rings (SSSR count). The van der Waals surface area contributed by atoms with Crippen molar-refractivity contribution < 1.29 is 0 Å². The Labute approximate surface area is 129 Å². The first-order chi connectivity index (χ1) is 8.52. The monoisotopic (exact) mass is 363 g/mol. The van der Waals surface area contributed by atoms with Crippen molar-refractivity contribution >= 4 is 50.5 Å². The summed E-state index contributed by atoms with van der Waals surface area (Å²) in [5.74, 6) is 0. The van der Waals surface area contributed by atoms with E-state index in [9.17, 15) is 0 Å². The van der Waals surface area contributed by atoms with Crippen LogP contribution in [0.1, 0.15) is 22.0 Å². The number of nitrogens with one attached hydrogen (secondary N) is 1. The Kier molecular flexibility index (Phi) is 4.73. The Morgan fingerprint density at radius 1 is 1.28 bits per heavy atom. The highest BCUT2D eigenvalue weighted by Crippen LogP contribution is 2.37. The fraction of sp³-hybridized carbons (Fsp3) is 0.231. The molecule has 1 N–H and O–H groups in total. The number of benzene rings is 1. The Hall–Kier alpha value is -0.0600. The minimum Gasteiger partial charge on any atom is -0.309 e. The topological polar surface area (TPSA) is 12.0 Å². The molecule has 0 saturated heterocycles. The smallest absolute Gasteiger partial charge is 0.0731 e. The standard InChI is InChI=1S/C13H12BrCl2NS/c1-7-5-11(18-13(7)14)12(17-2)9-4-3-8(15)6-10(9)16/h3-6,12,17H,1-2H3. The molecule has 2 aromatic rings. The number of hydrogen-bond donors (Lipinski definition) is 1. The molecule has 0 aliphatic carbocycles. The largest absolute Gasteiger partial charge is 0.309 e. The van der Waals surface area contributed by atoms with Gasteiger partial charge in [-0.3, -0.25) is 0 Å². The number of halogens is 3. The summed E-state index contributed by atoms with van der Waals surface area (Å²) in [5.41, 5.74) is 2.28. The lowest BCUT2D eigenvalue weighted by atomic mass is 10.1. The van der Waals surface area contributed by atoms with Gasteiger partial charge in [-0.15, -0.1) is 11.3 Å². The molecular formula is C13H12BrCl2NS. The van der Waals surface area contributed by atoms with Crippen molar-refractivity contribution in [2.75, 3.05) is 7.05 Å². The molecule has 0 aliphatic rings. The summed E-state index contributed by atoms with van der Waals surface area (Å²) < 4.78 is 1.16. The molecule has 0 spiro atoms. The van der Waals surface area contributed by atoms with E-state index in [0.29, 0.717) is 10.0 Å². The molecule has 0 bridgehead atoms. The van der Waals surface area contributed by atoms with Crippen molar-refractivity contribution in [3.8, 4) is 0 Å². The van der Waals surface area contributed by atoms with E-state index in [1.807, 2.05) is 19.2 Å². The minimum atomic E-state index is 0.0877.